The normalized spacial score (nSPS) is 25.5. The van der Waals surface area contributed by atoms with Crippen LogP contribution in [0.2, 0.25) is 0 Å². The quantitative estimate of drug-likeness (QED) is 0.861. The van der Waals surface area contributed by atoms with Crippen LogP contribution in [0.4, 0.5) is 0 Å². The topological polar surface area (TPSA) is 58.7 Å². The van der Waals surface area contributed by atoms with Crippen LogP contribution in [0.15, 0.2) is 30.3 Å². The van der Waals surface area contributed by atoms with Crippen molar-refractivity contribution in [3.63, 3.8) is 0 Å². The molecule has 0 saturated carbocycles. The number of nitrogens with zero attached hydrogens (tertiary/aromatic N) is 1. The number of ether oxygens (including phenoxy) is 1. The lowest BCUT2D eigenvalue weighted by Gasteiger charge is -2.42. The molecule has 3 N–H and O–H groups in total. The first-order valence-electron chi connectivity index (χ1n) is 7.73. The highest BCUT2D eigenvalue weighted by Gasteiger charge is 2.32. The van der Waals surface area contributed by atoms with E-state index in [-0.39, 0.29) is 17.7 Å². The van der Waals surface area contributed by atoms with E-state index in [0.717, 1.165) is 13.1 Å². The van der Waals surface area contributed by atoms with Crippen LogP contribution in [0.25, 0.3) is 0 Å². The number of hydrogen-bond donors (Lipinski definition) is 2. The number of benzene rings is 1. The molecule has 0 spiro atoms. The second-order valence-electron chi connectivity index (χ2n) is 6.80. The number of hydrogen-bond acceptors (Lipinski definition) is 4. The Bertz CT molecular complexity index is 436. The zero-order valence-electron chi connectivity index (χ0n) is 13.3. The molecule has 1 aromatic rings. The number of morpholine rings is 1. The molecule has 3 unspecified atom stereocenters. The summed E-state index contributed by atoms with van der Waals surface area (Å²) >= 11 is 0. The highest BCUT2D eigenvalue weighted by Crippen LogP contribution is 2.21. The van der Waals surface area contributed by atoms with Crippen molar-refractivity contribution < 1.29 is 9.84 Å². The van der Waals surface area contributed by atoms with Crippen LogP contribution in [0, 0.1) is 0 Å². The smallest absolute Gasteiger partial charge is 0.0821 e. The first kappa shape index (κ1) is 16.4. The Hall–Kier alpha value is -0.940. The number of rotatable bonds is 5. The molecule has 1 saturated heterocycles. The van der Waals surface area contributed by atoms with Crippen molar-refractivity contribution >= 4 is 0 Å². The molecule has 0 aromatic heterocycles. The fourth-order valence-electron chi connectivity index (χ4n) is 3.15. The fourth-order valence-corrected chi connectivity index (χ4v) is 3.15. The lowest BCUT2D eigenvalue weighted by molar-refractivity contribution is -0.134. The van der Waals surface area contributed by atoms with Gasteiger partial charge in [0.25, 0.3) is 0 Å². The van der Waals surface area contributed by atoms with Gasteiger partial charge in [-0.3, -0.25) is 4.90 Å². The van der Waals surface area contributed by atoms with Crippen molar-refractivity contribution in [3.05, 3.63) is 35.9 Å². The molecular weight excluding hydrogens is 264 g/mol. The summed E-state index contributed by atoms with van der Waals surface area (Å²) in [5.41, 5.74) is 7.16. The predicted molar refractivity (Wildman–Crippen MR) is 85.2 cm³/mol. The molecule has 0 radical (unpaired) electrons. The van der Waals surface area contributed by atoms with Crippen LogP contribution in [-0.4, -0.2) is 53.5 Å². The van der Waals surface area contributed by atoms with Crippen molar-refractivity contribution in [2.75, 3.05) is 19.6 Å². The molecule has 118 valence electrons. The molecule has 4 nitrogen and oxygen atoms in total. The van der Waals surface area contributed by atoms with Crippen LogP contribution in [0.1, 0.15) is 26.3 Å². The van der Waals surface area contributed by atoms with Gasteiger partial charge in [-0.15, -0.1) is 0 Å². The van der Waals surface area contributed by atoms with Crippen LogP contribution in [0.3, 0.4) is 0 Å². The minimum Gasteiger partial charge on any atom is -0.390 e. The second kappa shape index (κ2) is 6.88. The lowest BCUT2D eigenvalue weighted by Crippen LogP contribution is -2.55. The largest absolute Gasteiger partial charge is 0.390 e. The predicted octanol–water partition coefficient (Wildman–Crippen LogP) is 1.42. The summed E-state index contributed by atoms with van der Waals surface area (Å²) in [6.45, 7) is 8.53. The zero-order chi connectivity index (χ0) is 15.5. The van der Waals surface area contributed by atoms with Crippen molar-refractivity contribution in [2.24, 2.45) is 5.73 Å². The van der Waals surface area contributed by atoms with Crippen molar-refractivity contribution in [3.8, 4) is 0 Å². The summed E-state index contributed by atoms with van der Waals surface area (Å²) < 4.78 is 5.89. The molecule has 1 fully saturated rings. The highest BCUT2D eigenvalue weighted by atomic mass is 16.5. The minimum atomic E-state index is -0.522. The van der Waals surface area contributed by atoms with Crippen molar-refractivity contribution in [1.82, 2.24) is 4.90 Å². The lowest BCUT2D eigenvalue weighted by atomic mass is 10.00. The first-order valence-corrected chi connectivity index (χ1v) is 7.73. The van der Waals surface area contributed by atoms with Gasteiger partial charge in [0, 0.05) is 25.7 Å². The molecule has 0 aliphatic carbocycles. The number of β-amino-alcohol motifs (C(OH)–C–C–N with tert-alkyl or cyclic N) is 1. The van der Waals surface area contributed by atoms with Gasteiger partial charge in [-0.25, -0.2) is 0 Å². The Morgan fingerprint density at radius 3 is 2.67 bits per heavy atom. The van der Waals surface area contributed by atoms with Gasteiger partial charge < -0.3 is 15.6 Å². The van der Waals surface area contributed by atoms with Crippen LogP contribution >= 0.6 is 0 Å². The number of aliphatic hydroxyl groups is 1. The molecule has 21 heavy (non-hydrogen) atoms. The van der Waals surface area contributed by atoms with E-state index in [1.165, 1.54) is 5.56 Å². The Labute approximate surface area is 127 Å². The molecule has 4 heteroatoms. The average molecular weight is 292 g/mol. The van der Waals surface area contributed by atoms with Gasteiger partial charge in [0.2, 0.25) is 0 Å². The number of nitrogens with two attached hydrogens (primary N) is 1. The van der Waals surface area contributed by atoms with Gasteiger partial charge in [0.1, 0.15) is 0 Å². The van der Waals surface area contributed by atoms with E-state index in [4.69, 9.17) is 10.5 Å². The first-order chi connectivity index (χ1) is 9.85. The third-order valence-corrected chi connectivity index (χ3v) is 3.89. The standard InChI is InChI=1S/C17H28N2O2/c1-13-10-19(12-17(2,3)21-13)11-16(20)15(18)9-14-7-5-4-6-8-14/h4-8,13,15-16,20H,9-12,18H2,1-3H3. The van der Waals surface area contributed by atoms with Crippen LogP contribution in [-0.2, 0) is 11.2 Å². The summed E-state index contributed by atoms with van der Waals surface area (Å²) in [5.74, 6) is 0. The number of aliphatic hydroxyl groups excluding tert-OH is 1. The third kappa shape index (κ3) is 5.08. The van der Waals surface area contributed by atoms with Gasteiger partial charge in [0.05, 0.1) is 17.8 Å². The summed E-state index contributed by atoms with van der Waals surface area (Å²) in [4.78, 5) is 2.25. The van der Waals surface area contributed by atoms with Gasteiger partial charge in [-0.2, -0.15) is 0 Å². The van der Waals surface area contributed by atoms with E-state index >= 15 is 0 Å². The van der Waals surface area contributed by atoms with E-state index < -0.39 is 6.10 Å². The maximum absolute atomic E-state index is 10.4. The molecule has 2 rings (SSSR count). The van der Waals surface area contributed by atoms with E-state index in [0.29, 0.717) is 13.0 Å². The fraction of sp³-hybridized carbons (Fsp3) is 0.647. The van der Waals surface area contributed by atoms with E-state index in [1.54, 1.807) is 0 Å². The third-order valence-electron chi connectivity index (χ3n) is 3.89. The SMILES string of the molecule is CC1CN(CC(O)C(N)Cc2ccccc2)CC(C)(C)O1. The van der Waals surface area contributed by atoms with E-state index in [2.05, 4.69) is 25.7 Å². The minimum absolute atomic E-state index is 0.166. The maximum Gasteiger partial charge on any atom is 0.0821 e. The second-order valence-corrected chi connectivity index (χ2v) is 6.80. The summed E-state index contributed by atoms with van der Waals surface area (Å²) in [6, 6.07) is 9.84. The summed E-state index contributed by atoms with van der Waals surface area (Å²) in [5, 5.41) is 10.4. The van der Waals surface area contributed by atoms with Crippen molar-refractivity contribution in [1.29, 1.82) is 0 Å². The molecule has 1 heterocycles. The average Bonchev–Trinajstić information content (AvgIpc) is 2.37. The molecule has 1 aliphatic rings. The Kier molecular flexibility index (Phi) is 5.38. The van der Waals surface area contributed by atoms with Crippen LogP contribution in [0.5, 0.6) is 0 Å². The van der Waals surface area contributed by atoms with Gasteiger partial charge in [0.15, 0.2) is 0 Å². The molecular formula is C17H28N2O2. The van der Waals surface area contributed by atoms with Crippen LogP contribution < -0.4 is 5.73 Å². The molecule has 0 bridgehead atoms. The highest BCUT2D eigenvalue weighted by molar-refractivity contribution is 5.16. The monoisotopic (exact) mass is 292 g/mol. The Balaban J connectivity index is 1.87. The van der Waals surface area contributed by atoms with Crippen molar-refractivity contribution in [2.45, 2.75) is 51.0 Å². The zero-order valence-corrected chi connectivity index (χ0v) is 13.3. The summed E-state index contributed by atoms with van der Waals surface area (Å²) in [6.07, 6.45) is 0.364. The van der Waals surface area contributed by atoms with E-state index in [1.807, 2.05) is 30.3 Å². The summed E-state index contributed by atoms with van der Waals surface area (Å²) in [7, 11) is 0. The maximum atomic E-state index is 10.4. The molecule has 1 aliphatic heterocycles. The Morgan fingerprint density at radius 1 is 1.38 bits per heavy atom. The molecule has 0 amide bonds. The molecule has 3 atom stereocenters. The van der Waals surface area contributed by atoms with Gasteiger partial charge in [-0.05, 0) is 32.8 Å². The molecule has 1 aromatic carbocycles. The Morgan fingerprint density at radius 2 is 2.05 bits per heavy atom. The van der Waals surface area contributed by atoms with Gasteiger partial charge in [-0.1, -0.05) is 30.3 Å². The van der Waals surface area contributed by atoms with Gasteiger partial charge >= 0.3 is 0 Å². The van der Waals surface area contributed by atoms with E-state index in [9.17, 15) is 5.11 Å².